The Balaban J connectivity index is 1.31. The minimum absolute atomic E-state index is 0.215. The Morgan fingerprint density at radius 1 is 1.26 bits per heavy atom. The van der Waals surface area contributed by atoms with Crippen molar-refractivity contribution in [3.63, 3.8) is 0 Å². The molecule has 2 aromatic heterocycles. The molecule has 1 aliphatic heterocycles. The first-order chi connectivity index (χ1) is 15.1. The average molecular weight is 470 g/mol. The fourth-order valence-electron chi connectivity index (χ4n) is 3.58. The lowest BCUT2D eigenvalue weighted by Gasteiger charge is -2.23. The molecule has 2 amide bonds. The van der Waals surface area contributed by atoms with Gasteiger partial charge in [-0.1, -0.05) is 29.8 Å². The summed E-state index contributed by atoms with van der Waals surface area (Å²) in [5.74, 6) is -0.215. The van der Waals surface area contributed by atoms with Crippen molar-refractivity contribution in [3.8, 4) is 0 Å². The van der Waals surface area contributed by atoms with Gasteiger partial charge in [-0.25, -0.2) is 9.07 Å². The maximum atomic E-state index is 13.1. The van der Waals surface area contributed by atoms with Gasteiger partial charge in [-0.05, 0) is 24.3 Å². The zero-order valence-electron chi connectivity index (χ0n) is 16.1. The molecule has 0 spiro atoms. The second-order valence-electron chi connectivity index (χ2n) is 7.01. The number of aromatic nitrogens is 3. The molecule has 3 heterocycles. The highest BCUT2D eigenvalue weighted by atomic mass is 35.5. The lowest BCUT2D eigenvalue weighted by molar-refractivity contribution is -0.135. The Labute approximate surface area is 191 Å². The molecule has 0 bridgehead atoms. The Hall–Kier alpha value is -2.88. The van der Waals surface area contributed by atoms with Crippen LogP contribution in [-0.4, -0.2) is 31.4 Å². The molecule has 1 unspecified atom stereocenters. The number of rotatable bonds is 6. The first-order valence-corrected chi connectivity index (χ1v) is 11.5. The molecule has 7 nitrogen and oxygen atoms in total. The number of fused-ring (bicyclic) bond motifs is 2. The predicted molar refractivity (Wildman–Crippen MR) is 121 cm³/mol. The van der Waals surface area contributed by atoms with E-state index in [1.807, 2.05) is 27.9 Å². The Morgan fingerprint density at radius 2 is 2.13 bits per heavy atom. The van der Waals surface area contributed by atoms with Crippen molar-refractivity contribution < 1.29 is 9.59 Å². The number of hydrogen-bond donors (Lipinski definition) is 1. The summed E-state index contributed by atoms with van der Waals surface area (Å²) in [5.41, 5.74) is 5.24. The summed E-state index contributed by atoms with van der Waals surface area (Å²) in [6.45, 7) is 0.821. The van der Waals surface area contributed by atoms with Crippen LogP contribution in [0.25, 0.3) is 10.2 Å². The van der Waals surface area contributed by atoms with E-state index in [1.165, 1.54) is 11.9 Å². The Bertz CT molecular complexity index is 1260. The van der Waals surface area contributed by atoms with Crippen LogP contribution < -0.4 is 5.32 Å². The third kappa shape index (κ3) is 3.91. The van der Waals surface area contributed by atoms with Gasteiger partial charge in [0.2, 0.25) is 6.41 Å². The zero-order valence-corrected chi connectivity index (χ0v) is 18.5. The number of thiazole rings is 1. The van der Waals surface area contributed by atoms with Gasteiger partial charge in [0.15, 0.2) is 0 Å². The van der Waals surface area contributed by atoms with E-state index in [1.54, 1.807) is 40.5 Å². The summed E-state index contributed by atoms with van der Waals surface area (Å²) in [6, 6.07) is 12.3. The summed E-state index contributed by atoms with van der Waals surface area (Å²) in [5, 5.41) is 7.68. The molecule has 10 heteroatoms. The summed E-state index contributed by atoms with van der Waals surface area (Å²) in [7, 11) is 0. The summed E-state index contributed by atoms with van der Waals surface area (Å²) >= 11 is 9.38. The normalized spacial score (nSPS) is 13.9. The molecule has 0 saturated carbocycles. The molecule has 0 fully saturated rings. The summed E-state index contributed by atoms with van der Waals surface area (Å²) in [4.78, 5) is 31.3. The van der Waals surface area contributed by atoms with Crippen LogP contribution in [-0.2, 0) is 22.7 Å². The van der Waals surface area contributed by atoms with E-state index >= 15 is 0 Å². The molecular weight excluding hydrogens is 454 g/mol. The van der Waals surface area contributed by atoms with E-state index in [9.17, 15) is 9.59 Å². The monoisotopic (exact) mass is 469 g/mol. The van der Waals surface area contributed by atoms with Crippen LogP contribution >= 0.6 is 34.9 Å². The van der Waals surface area contributed by atoms with Crippen molar-refractivity contribution in [2.45, 2.75) is 24.0 Å². The largest absolute Gasteiger partial charge is 0.343 e. The molecule has 0 aliphatic carbocycles. The van der Waals surface area contributed by atoms with Crippen LogP contribution in [0.15, 0.2) is 59.1 Å². The highest BCUT2D eigenvalue weighted by Crippen LogP contribution is 2.31. The number of carbonyl (C=O) groups is 2. The maximum Gasteiger partial charge on any atom is 0.250 e. The second-order valence-corrected chi connectivity index (χ2v) is 9.33. The topological polar surface area (TPSA) is 80.1 Å². The van der Waals surface area contributed by atoms with Gasteiger partial charge < -0.3 is 10.2 Å². The van der Waals surface area contributed by atoms with Gasteiger partial charge >= 0.3 is 0 Å². The molecule has 0 radical (unpaired) electrons. The molecule has 1 aliphatic rings. The lowest BCUT2D eigenvalue weighted by atomic mass is 10.1. The molecule has 0 saturated heterocycles. The number of carbonyl (C=O) groups excluding carboxylic acids is 2. The van der Waals surface area contributed by atoms with Crippen LogP contribution in [0.5, 0.6) is 0 Å². The van der Waals surface area contributed by atoms with Gasteiger partial charge in [0.25, 0.3) is 5.91 Å². The number of halogens is 1. The van der Waals surface area contributed by atoms with Crippen molar-refractivity contribution in [2.75, 3.05) is 0 Å². The number of amides is 2. The zero-order chi connectivity index (χ0) is 21.4. The maximum absolute atomic E-state index is 13.1. The molecule has 1 atom stereocenters. The molecule has 31 heavy (non-hydrogen) atoms. The second kappa shape index (κ2) is 8.33. The SMILES string of the molecule is O=CNC(C(=O)N1Cc2cn(Sc3ccc4ncsc4c3)nc2C1)c1ccccc1Cl. The van der Waals surface area contributed by atoms with Crippen LogP contribution in [0.4, 0.5) is 0 Å². The molecule has 5 rings (SSSR count). The smallest absolute Gasteiger partial charge is 0.250 e. The van der Waals surface area contributed by atoms with Crippen molar-refractivity contribution in [2.24, 2.45) is 0 Å². The first kappa shape index (κ1) is 20.0. The van der Waals surface area contributed by atoms with Gasteiger partial charge in [0.05, 0.1) is 28.0 Å². The Kier molecular flexibility index (Phi) is 5.39. The van der Waals surface area contributed by atoms with Crippen molar-refractivity contribution in [1.29, 1.82) is 0 Å². The van der Waals surface area contributed by atoms with Crippen molar-refractivity contribution in [3.05, 3.63) is 76.0 Å². The highest BCUT2D eigenvalue weighted by molar-refractivity contribution is 7.97. The fraction of sp³-hybridized carbons (Fsp3) is 0.143. The fourth-order valence-corrected chi connectivity index (χ4v) is 5.45. The molecule has 156 valence electrons. The van der Waals surface area contributed by atoms with E-state index in [2.05, 4.69) is 21.5 Å². The van der Waals surface area contributed by atoms with E-state index in [0.29, 0.717) is 30.1 Å². The third-order valence-corrected chi connectivity index (χ3v) is 7.04. The van der Waals surface area contributed by atoms with Gasteiger partial charge in [-0.15, -0.1) is 11.3 Å². The van der Waals surface area contributed by atoms with E-state index in [0.717, 1.165) is 26.4 Å². The third-order valence-electron chi connectivity index (χ3n) is 5.07. The van der Waals surface area contributed by atoms with Gasteiger partial charge in [0, 0.05) is 45.7 Å². The molecular formula is C21H16ClN5O2S2. The van der Waals surface area contributed by atoms with Gasteiger partial charge in [0.1, 0.15) is 6.04 Å². The Morgan fingerprint density at radius 3 is 2.94 bits per heavy atom. The number of benzene rings is 2. The van der Waals surface area contributed by atoms with Crippen LogP contribution in [0.2, 0.25) is 5.02 Å². The number of nitrogens with zero attached hydrogens (tertiary/aromatic N) is 4. The quantitative estimate of drug-likeness (QED) is 0.431. The molecule has 4 aromatic rings. The predicted octanol–water partition coefficient (Wildman–Crippen LogP) is 4.03. The van der Waals surface area contributed by atoms with E-state index in [-0.39, 0.29) is 5.91 Å². The van der Waals surface area contributed by atoms with E-state index < -0.39 is 6.04 Å². The molecule has 2 aromatic carbocycles. The van der Waals surface area contributed by atoms with Crippen LogP contribution in [0, 0.1) is 0 Å². The van der Waals surface area contributed by atoms with Crippen molar-refractivity contribution in [1.82, 2.24) is 24.4 Å². The van der Waals surface area contributed by atoms with Crippen molar-refractivity contribution >= 4 is 57.4 Å². The van der Waals surface area contributed by atoms with Crippen LogP contribution in [0.3, 0.4) is 0 Å². The summed E-state index contributed by atoms with van der Waals surface area (Å²) in [6.07, 6.45) is 2.47. The minimum atomic E-state index is -0.831. The average Bonchev–Trinajstić information content (AvgIpc) is 3.47. The highest BCUT2D eigenvalue weighted by Gasteiger charge is 2.32. The van der Waals surface area contributed by atoms with Gasteiger partial charge in [-0.3, -0.25) is 9.59 Å². The van der Waals surface area contributed by atoms with E-state index in [4.69, 9.17) is 11.6 Å². The molecule has 1 N–H and O–H groups in total. The lowest BCUT2D eigenvalue weighted by Crippen LogP contribution is -2.38. The summed E-state index contributed by atoms with van der Waals surface area (Å²) < 4.78 is 2.96. The number of nitrogens with one attached hydrogen (secondary N) is 1. The van der Waals surface area contributed by atoms with Crippen LogP contribution in [0.1, 0.15) is 22.9 Å². The van der Waals surface area contributed by atoms with Gasteiger partial charge in [-0.2, -0.15) is 5.10 Å². The first-order valence-electron chi connectivity index (χ1n) is 9.44. The number of hydrogen-bond acceptors (Lipinski definition) is 6. The standard InChI is InChI=1S/C21H16ClN5O2S2/c22-16-4-2-1-3-15(16)20(23-11-28)21(29)26-8-13-9-27(25-18(13)10-26)31-14-5-6-17-19(7-14)30-12-24-17/h1-7,9,11-12,20H,8,10H2,(H,23,28). The minimum Gasteiger partial charge on any atom is -0.343 e.